The number of nitrogens with zero attached hydrogens (tertiary/aromatic N) is 1. The number of nitrogens with two attached hydrogens (primary N) is 1. The summed E-state index contributed by atoms with van der Waals surface area (Å²) in [5, 5.41) is 2.99. The van der Waals surface area contributed by atoms with Crippen molar-refractivity contribution in [1.29, 1.82) is 0 Å². The van der Waals surface area contributed by atoms with E-state index in [0.29, 0.717) is 0 Å². The molecule has 17 heavy (non-hydrogen) atoms. The van der Waals surface area contributed by atoms with Crippen LogP contribution in [0.15, 0.2) is 15.9 Å². The van der Waals surface area contributed by atoms with Crippen LogP contribution >= 0.6 is 27.3 Å². The van der Waals surface area contributed by atoms with Crippen molar-refractivity contribution < 1.29 is 4.79 Å². The smallest absolute Gasteiger partial charge is 0.318 e. The molecular weight excluding hydrogens is 302 g/mol. The van der Waals surface area contributed by atoms with Gasteiger partial charge in [0.25, 0.3) is 0 Å². The lowest BCUT2D eigenvalue weighted by atomic mass is 10.2. The predicted octanol–water partition coefficient (Wildman–Crippen LogP) is 2.31. The highest BCUT2D eigenvalue weighted by atomic mass is 79.9. The molecule has 1 fully saturated rings. The molecule has 94 valence electrons. The summed E-state index contributed by atoms with van der Waals surface area (Å²) >= 11 is 5.10. The standard InChI is InChI=1S/C11H16BrN3OS/c1-7(13)4-5-15-6-8(14-11(15)16)9-2-3-10(12)17-9/h2-3,7-8H,4-6,13H2,1H3,(H,14,16). The molecule has 1 saturated heterocycles. The predicted molar refractivity (Wildman–Crippen MR) is 73.1 cm³/mol. The molecule has 1 aromatic rings. The number of rotatable bonds is 4. The first kappa shape index (κ1) is 12.9. The number of urea groups is 1. The van der Waals surface area contributed by atoms with Gasteiger partial charge in [0, 0.05) is 24.0 Å². The van der Waals surface area contributed by atoms with E-state index in [-0.39, 0.29) is 18.1 Å². The molecule has 6 heteroatoms. The van der Waals surface area contributed by atoms with E-state index in [2.05, 4.69) is 27.3 Å². The Morgan fingerprint density at radius 2 is 2.47 bits per heavy atom. The van der Waals surface area contributed by atoms with E-state index in [1.807, 2.05) is 17.9 Å². The first-order chi connectivity index (χ1) is 8.06. The fourth-order valence-electron chi connectivity index (χ4n) is 1.82. The van der Waals surface area contributed by atoms with Crippen LogP contribution in [0.3, 0.4) is 0 Å². The Labute approximate surface area is 113 Å². The average Bonchev–Trinajstić information content (AvgIpc) is 2.82. The summed E-state index contributed by atoms with van der Waals surface area (Å²) in [4.78, 5) is 14.8. The SMILES string of the molecule is CC(N)CCN1CC(c2ccc(Br)s2)NC1=O. The molecule has 0 radical (unpaired) electrons. The third kappa shape index (κ3) is 3.20. The Kier molecular flexibility index (Phi) is 4.06. The monoisotopic (exact) mass is 317 g/mol. The summed E-state index contributed by atoms with van der Waals surface area (Å²) in [7, 11) is 0. The van der Waals surface area contributed by atoms with Crippen LogP contribution in [-0.2, 0) is 0 Å². The second-order valence-corrected chi connectivity index (χ2v) is 6.85. The van der Waals surface area contributed by atoms with Gasteiger partial charge in [-0.3, -0.25) is 0 Å². The molecule has 2 amide bonds. The summed E-state index contributed by atoms with van der Waals surface area (Å²) < 4.78 is 1.09. The van der Waals surface area contributed by atoms with E-state index in [4.69, 9.17) is 5.73 Å². The van der Waals surface area contributed by atoms with Crippen molar-refractivity contribution in [2.45, 2.75) is 25.4 Å². The van der Waals surface area contributed by atoms with Crippen LogP contribution in [0.25, 0.3) is 0 Å². The van der Waals surface area contributed by atoms with Crippen molar-refractivity contribution in [1.82, 2.24) is 10.2 Å². The molecule has 0 spiro atoms. The number of carbonyl (C=O) groups is 1. The Morgan fingerprint density at radius 3 is 3.06 bits per heavy atom. The van der Waals surface area contributed by atoms with Crippen LogP contribution in [-0.4, -0.2) is 30.1 Å². The van der Waals surface area contributed by atoms with E-state index in [0.717, 1.165) is 23.3 Å². The molecule has 1 aliphatic rings. The van der Waals surface area contributed by atoms with E-state index >= 15 is 0 Å². The molecule has 0 saturated carbocycles. The maximum Gasteiger partial charge on any atom is 0.318 e. The van der Waals surface area contributed by atoms with Gasteiger partial charge in [0.15, 0.2) is 0 Å². The van der Waals surface area contributed by atoms with E-state index in [1.54, 1.807) is 11.3 Å². The summed E-state index contributed by atoms with van der Waals surface area (Å²) in [6, 6.07) is 4.33. The molecule has 2 heterocycles. The van der Waals surface area contributed by atoms with E-state index in [1.165, 1.54) is 4.88 Å². The summed E-state index contributed by atoms with van der Waals surface area (Å²) in [6.45, 7) is 3.42. The van der Waals surface area contributed by atoms with Gasteiger partial charge < -0.3 is 16.0 Å². The molecular formula is C11H16BrN3OS. The molecule has 1 aromatic heterocycles. The highest BCUT2D eigenvalue weighted by Crippen LogP contribution is 2.30. The molecule has 2 rings (SSSR count). The Morgan fingerprint density at radius 1 is 1.71 bits per heavy atom. The zero-order valence-electron chi connectivity index (χ0n) is 9.65. The van der Waals surface area contributed by atoms with Gasteiger partial charge in [0.1, 0.15) is 0 Å². The highest BCUT2D eigenvalue weighted by molar-refractivity contribution is 9.11. The second kappa shape index (κ2) is 5.37. The van der Waals surface area contributed by atoms with Gasteiger partial charge in [-0.15, -0.1) is 11.3 Å². The lowest BCUT2D eigenvalue weighted by Gasteiger charge is -2.15. The normalized spacial score (nSPS) is 21.7. The maximum absolute atomic E-state index is 11.7. The number of nitrogens with one attached hydrogen (secondary N) is 1. The van der Waals surface area contributed by atoms with Gasteiger partial charge >= 0.3 is 6.03 Å². The third-order valence-corrected chi connectivity index (χ3v) is 4.52. The Hall–Kier alpha value is -0.590. The van der Waals surface area contributed by atoms with Crippen LogP contribution in [0.5, 0.6) is 0 Å². The highest BCUT2D eigenvalue weighted by Gasteiger charge is 2.30. The van der Waals surface area contributed by atoms with Gasteiger partial charge in [-0.2, -0.15) is 0 Å². The van der Waals surface area contributed by atoms with Crippen molar-refractivity contribution in [3.05, 3.63) is 20.8 Å². The minimum atomic E-state index is 0.0140. The van der Waals surface area contributed by atoms with Crippen molar-refractivity contribution in [2.75, 3.05) is 13.1 Å². The number of thiophene rings is 1. The molecule has 1 aliphatic heterocycles. The van der Waals surface area contributed by atoms with Crippen molar-refractivity contribution >= 4 is 33.3 Å². The Balaban J connectivity index is 1.95. The molecule has 2 unspecified atom stereocenters. The largest absolute Gasteiger partial charge is 0.329 e. The fourth-order valence-corrected chi connectivity index (χ4v) is 3.28. The van der Waals surface area contributed by atoms with Crippen LogP contribution in [0, 0.1) is 0 Å². The van der Waals surface area contributed by atoms with E-state index < -0.39 is 0 Å². The maximum atomic E-state index is 11.7. The molecule has 3 N–H and O–H groups in total. The van der Waals surface area contributed by atoms with Gasteiger partial charge in [-0.25, -0.2) is 4.79 Å². The molecule has 0 aromatic carbocycles. The topological polar surface area (TPSA) is 58.4 Å². The van der Waals surface area contributed by atoms with Gasteiger partial charge in [-0.05, 0) is 41.4 Å². The quantitative estimate of drug-likeness (QED) is 0.895. The first-order valence-electron chi connectivity index (χ1n) is 5.62. The molecule has 0 aliphatic carbocycles. The lowest BCUT2D eigenvalue weighted by molar-refractivity contribution is 0.216. The van der Waals surface area contributed by atoms with Crippen LogP contribution in [0.4, 0.5) is 4.79 Å². The number of amides is 2. The average molecular weight is 318 g/mol. The Bertz CT molecular complexity index is 407. The fraction of sp³-hybridized carbons (Fsp3) is 0.545. The summed E-state index contributed by atoms with van der Waals surface area (Å²) in [5.74, 6) is 0. The van der Waals surface area contributed by atoms with Gasteiger partial charge in [0.05, 0.1) is 9.83 Å². The van der Waals surface area contributed by atoms with Crippen LogP contribution in [0.1, 0.15) is 24.3 Å². The minimum absolute atomic E-state index is 0.0140. The van der Waals surface area contributed by atoms with Crippen molar-refractivity contribution in [2.24, 2.45) is 5.73 Å². The van der Waals surface area contributed by atoms with E-state index in [9.17, 15) is 4.79 Å². The molecule has 0 bridgehead atoms. The minimum Gasteiger partial charge on any atom is -0.329 e. The van der Waals surface area contributed by atoms with Gasteiger partial charge in [0.2, 0.25) is 0 Å². The molecule has 2 atom stereocenters. The zero-order chi connectivity index (χ0) is 12.4. The van der Waals surface area contributed by atoms with Crippen molar-refractivity contribution in [3.63, 3.8) is 0 Å². The van der Waals surface area contributed by atoms with Crippen LogP contribution in [0.2, 0.25) is 0 Å². The summed E-state index contributed by atoms with van der Waals surface area (Å²) in [5.41, 5.74) is 5.70. The van der Waals surface area contributed by atoms with Crippen LogP contribution < -0.4 is 11.1 Å². The van der Waals surface area contributed by atoms with Crippen molar-refractivity contribution in [3.8, 4) is 0 Å². The number of hydrogen-bond acceptors (Lipinski definition) is 3. The summed E-state index contributed by atoms with van der Waals surface area (Å²) in [6.07, 6.45) is 0.842. The first-order valence-corrected chi connectivity index (χ1v) is 7.23. The number of hydrogen-bond donors (Lipinski definition) is 2. The number of carbonyl (C=O) groups excluding carboxylic acids is 1. The third-order valence-electron chi connectivity index (χ3n) is 2.78. The second-order valence-electron chi connectivity index (χ2n) is 4.36. The zero-order valence-corrected chi connectivity index (χ0v) is 12.1. The number of halogens is 1. The lowest BCUT2D eigenvalue weighted by Crippen LogP contribution is -2.32. The van der Waals surface area contributed by atoms with Gasteiger partial charge in [-0.1, -0.05) is 0 Å². The molecule has 4 nitrogen and oxygen atoms in total.